The Hall–Kier alpha value is -2.16. The zero-order valence-corrected chi connectivity index (χ0v) is 14.7. The van der Waals surface area contributed by atoms with E-state index in [1.165, 1.54) is 10.6 Å². The number of morpholine rings is 1. The first-order chi connectivity index (χ1) is 12.0. The Labute approximate surface area is 146 Å². The van der Waals surface area contributed by atoms with Gasteiger partial charge in [-0.1, -0.05) is 12.1 Å². The topological polar surface area (TPSA) is 88.8 Å². The summed E-state index contributed by atoms with van der Waals surface area (Å²) in [5.74, 6) is -0.0148. The quantitative estimate of drug-likeness (QED) is 0.869. The lowest BCUT2D eigenvalue weighted by molar-refractivity contribution is 0.0730. The van der Waals surface area contributed by atoms with E-state index in [9.17, 15) is 13.2 Å². The van der Waals surface area contributed by atoms with Crippen LogP contribution >= 0.6 is 0 Å². The van der Waals surface area contributed by atoms with E-state index in [4.69, 9.17) is 9.15 Å². The van der Waals surface area contributed by atoms with Crippen molar-refractivity contribution in [2.75, 3.05) is 26.3 Å². The fourth-order valence-corrected chi connectivity index (χ4v) is 3.99. The van der Waals surface area contributed by atoms with E-state index in [0.29, 0.717) is 26.3 Å². The first kappa shape index (κ1) is 17.7. The van der Waals surface area contributed by atoms with Crippen LogP contribution in [0.25, 0.3) is 0 Å². The van der Waals surface area contributed by atoms with Gasteiger partial charge in [0, 0.05) is 25.2 Å². The summed E-state index contributed by atoms with van der Waals surface area (Å²) >= 11 is 0. The Balaban J connectivity index is 1.64. The molecule has 2 heterocycles. The summed E-state index contributed by atoms with van der Waals surface area (Å²) in [6.07, 6.45) is 1.47. The number of hydrogen-bond donors (Lipinski definition) is 1. The molecule has 1 amide bonds. The van der Waals surface area contributed by atoms with Crippen LogP contribution in [0.2, 0.25) is 0 Å². The third-order valence-electron chi connectivity index (χ3n) is 4.05. The molecule has 0 atom stereocenters. The largest absolute Gasteiger partial charge is 0.459 e. The fraction of sp³-hybridized carbons (Fsp3) is 0.353. The molecule has 7 nitrogen and oxygen atoms in total. The minimum atomic E-state index is -3.50. The van der Waals surface area contributed by atoms with Crippen molar-refractivity contribution in [2.45, 2.75) is 18.4 Å². The number of nitrogens with zero attached hydrogens (tertiary/aromatic N) is 1. The molecule has 1 fully saturated rings. The Kier molecular flexibility index (Phi) is 5.22. The predicted molar refractivity (Wildman–Crippen MR) is 90.6 cm³/mol. The van der Waals surface area contributed by atoms with Gasteiger partial charge in [-0.05, 0) is 30.7 Å². The third kappa shape index (κ3) is 3.92. The molecule has 1 aromatic carbocycles. The molecule has 1 N–H and O–H groups in total. The minimum absolute atomic E-state index is 0.242. The number of hydrogen-bond acceptors (Lipinski definition) is 5. The number of carbonyl (C=O) groups excluding carboxylic acids is 1. The summed E-state index contributed by atoms with van der Waals surface area (Å²) in [5, 5.41) is 2.75. The van der Waals surface area contributed by atoms with Gasteiger partial charge in [-0.15, -0.1) is 0 Å². The second kappa shape index (κ2) is 7.38. The molecule has 2 aromatic rings. The van der Waals surface area contributed by atoms with Gasteiger partial charge < -0.3 is 14.5 Å². The Morgan fingerprint density at radius 3 is 2.44 bits per heavy atom. The Bertz CT molecular complexity index is 836. The molecule has 0 radical (unpaired) electrons. The van der Waals surface area contributed by atoms with Gasteiger partial charge in [-0.3, -0.25) is 4.79 Å². The van der Waals surface area contributed by atoms with Gasteiger partial charge >= 0.3 is 0 Å². The molecule has 1 aliphatic heterocycles. The van der Waals surface area contributed by atoms with Crippen molar-refractivity contribution < 1.29 is 22.4 Å². The molecule has 1 saturated heterocycles. The number of carbonyl (C=O) groups is 1. The molecule has 1 aliphatic rings. The van der Waals surface area contributed by atoms with Gasteiger partial charge in [0.1, 0.15) is 0 Å². The monoisotopic (exact) mass is 364 g/mol. The summed E-state index contributed by atoms with van der Waals surface area (Å²) in [6.45, 7) is 3.64. The molecule has 0 spiro atoms. The van der Waals surface area contributed by atoms with Crippen LogP contribution in [0.3, 0.4) is 0 Å². The number of aryl methyl sites for hydroxylation is 1. The van der Waals surface area contributed by atoms with Gasteiger partial charge in [0.2, 0.25) is 10.0 Å². The molecule has 1 aromatic heterocycles. The summed E-state index contributed by atoms with van der Waals surface area (Å²) in [5.41, 5.74) is 1.57. The normalized spacial score (nSPS) is 15.9. The zero-order chi connectivity index (χ0) is 17.9. The average molecular weight is 364 g/mol. The molecule has 0 saturated carbocycles. The molecule has 0 unspecified atom stereocenters. The van der Waals surface area contributed by atoms with Crippen molar-refractivity contribution in [3.05, 3.63) is 53.5 Å². The van der Waals surface area contributed by atoms with E-state index in [-0.39, 0.29) is 23.1 Å². The second-order valence-corrected chi connectivity index (χ2v) is 7.71. The highest BCUT2D eigenvalue weighted by Crippen LogP contribution is 2.18. The van der Waals surface area contributed by atoms with Crippen LogP contribution in [0, 0.1) is 6.92 Å². The highest BCUT2D eigenvalue weighted by Gasteiger charge is 2.26. The van der Waals surface area contributed by atoms with Crippen molar-refractivity contribution in [3.8, 4) is 0 Å². The van der Waals surface area contributed by atoms with E-state index in [1.54, 1.807) is 37.3 Å². The van der Waals surface area contributed by atoms with Gasteiger partial charge in [-0.25, -0.2) is 8.42 Å². The van der Waals surface area contributed by atoms with Crippen molar-refractivity contribution in [1.82, 2.24) is 9.62 Å². The molecular weight excluding hydrogens is 344 g/mol. The summed E-state index contributed by atoms with van der Waals surface area (Å²) in [6, 6.07) is 8.24. The Morgan fingerprint density at radius 2 is 1.84 bits per heavy atom. The number of benzene rings is 1. The summed E-state index contributed by atoms with van der Waals surface area (Å²) in [4.78, 5) is 12.3. The van der Waals surface area contributed by atoms with Crippen molar-refractivity contribution in [1.29, 1.82) is 0 Å². The first-order valence-corrected chi connectivity index (χ1v) is 9.41. The third-order valence-corrected chi connectivity index (χ3v) is 5.97. The zero-order valence-electron chi connectivity index (χ0n) is 13.9. The van der Waals surface area contributed by atoms with E-state index in [0.717, 1.165) is 11.1 Å². The lowest BCUT2D eigenvalue weighted by Crippen LogP contribution is -2.40. The molecular formula is C17H20N2O5S. The maximum atomic E-state index is 12.5. The maximum absolute atomic E-state index is 12.5. The van der Waals surface area contributed by atoms with Crippen LogP contribution in [-0.2, 0) is 21.3 Å². The van der Waals surface area contributed by atoms with Gasteiger partial charge in [0.25, 0.3) is 5.91 Å². The Morgan fingerprint density at radius 1 is 1.16 bits per heavy atom. The van der Waals surface area contributed by atoms with Crippen LogP contribution in [0.1, 0.15) is 21.7 Å². The molecule has 8 heteroatoms. The van der Waals surface area contributed by atoms with Gasteiger partial charge in [0.05, 0.1) is 24.4 Å². The van der Waals surface area contributed by atoms with Crippen LogP contribution in [0.5, 0.6) is 0 Å². The van der Waals surface area contributed by atoms with Gasteiger partial charge in [-0.2, -0.15) is 4.31 Å². The second-order valence-electron chi connectivity index (χ2n) is 5.78. The number of furan rings is 1. The first-order valence-electron chi connectivity index (χ1n) is 7.97. The highest BCUT2D eigenvalue weighted by atomic mass is 32.2. The molecule has 0 aliphatic carbocycles. The lowest BCUT2D eigenvalue weighted by Gasteiger charge is -2.26. The lowest BCUT2D eigenvalue weighted by atomic mass is 10.2. The minimum Gasteiger partial charge on any atom is -0.459 e. The summed E-state index contributed by atoms with van der Waals surface area (Å²) < 4.78 is 36.8. The van der Waals surface area contributed by atoms with Crippen LogP contribution in [0.4, 0.5) is 0 Å². The van der Waals surface area contributed by atoms with E-state index >= 15 is 0 Å². The van der Waals surface area contributed by atoms with Crippen LogP contribution < -0.4 is 5.32 Å². The van der Waals surface area contributed by atoms with Crippen molar-refractivity contribution in [3.63, 3.8) is 0 Å². The number of amides is 1. The number of ether oxygens (including phenoxy) is 1. The fourth-order valence-electron chi connectivity index (χ4n) is 2.58. The number of nitrogens with one attached hydrogen (secondary N) is 1. The summed E-state index contributed by atoms with van der Waals surface area (Å²) in [7, 11) is -3.50. The number of rotatable bonds is 5. The smallest absolute Gasteiger partial charge is 0.287 e. The SMILES string of the molecule is Cc1ccoc1C(=O)NCc1ccc(S(=O)(=O)N2CCOCC2)cc1. The van der Waals surface area contributed by atoms with Crippen molar-refractivity contribution >= 4 is 15.9 Å². The van der Waals surface area contributed by atoms with E-state index in [2.05, 4.69) is 5.32 Å². The highest BCUT2D eigenvalue weighted by molar-refractivity contribution is 7.89. The molecule has 3 rings (SSSR count). The molecule has 25 heavy (non-hydrogen) atoms. The van der Waals surface area contributed by atoms with Crippen LogP contribution in [-0.4, -0.2) is 44.9 Å². The van der Waals surface area contributed by atoms with Crippen molar-refractivity contribution in [2.24, 2.45) is 0 Å². The van der Waals surface area contributed by atoms with E-state index in [1.807, 2.05) is 0 Å². The number of sulfonamides is 1. The standard InChI is InChI=1S/C17H20N2O5S/c1-13-6-9-24-16(13)17(20)18-12-14-2-4-15(5-3-14)25(21,22)19-7-10-23-11-8-19/h2-6,9H,7-8,10-12H2,1H3,(H,18,20). The average Bonchev–Trinajstić information content (AvgIpc) is 3.07. The van der Waals surface area contributed by atoms with E-state index < -0.39 is 10.0 Å². The van der Waals surface area contributed by atoms with Crippen LogP contribution in [0.15, 0.2) is 45.9 Å². The molecule has 134 valence electrons. The molecule has 0 bridgehead atoms. The maximum Gasteiger partial charge on any atom is 0.287 e. The van der Waals surface area contributed by atoms with Gasteiger partial charge in [0.15, 0.2) is 5.76 Å². The predicted octanol–water partition coefficient (Wildman–Crippen LogP) is 1.54.